The van der Waals surface area contributed by atoms with Gasteiger partial charge < -0.3 is 0 Å². The third kappa shape index (κ3) is 4.75. The molecule has 4 aliphatic carbocycles. The minimum atomic E-state index is -0.602. The number of nitrogens with one attached hydrogen (secondary N) is 2. The van der Waals surface area contributed by atoms with Gasteiger partial charge in [0.05, 0.1) is 22.2 Å². The van der Waals surface area contributed by atoms with Crippen LogP contribution in [-0.4, -0.2) is 68.7 Å². The molecule has 222 valence electrons. The number of hydrogen-bond acceptors (Lipinski definition) is 6. The Morgan fingerprint density at radius 2 is 0.625 bits per heavy atom. The highest BCUT2D eigenvalue weighted by molar-refractivity contribution is 6.07. The van der Waals surface area contributed by atoms with Gasteiger partial charge in [0.1, 0.15) is 0 Å². The zero-order chi connectivity index (χ0) is 27.8. The van der Waals surface area contributed by atoms with Crippen molar-refractivity contribution in [3.63, 3.8) is 0 Å². The van der Waals surface area contributed by atoms with Gasteiger partial charge >= 0.3 is 0 Å². The molecule has 2 heterocycles. The molecule has 2 N–H and O–H groups in total. The molecule has 0 aromatic carbocycles. The highest BCUT2D eigenvalue weighted by Crippen LogP contribution is 2.43. The normalized spacial score (nSPS) is 29.6. The van der Waals surface area contributed by atoms with Gasteiger partial charge in [-0.1, -0.05) is 77.0 Å². The molecule has 40 heavy (non-hydrogen) atoms. The summed E-state index contributed by atoms with van der Waals surface area (Å²) in [6, 6.07) is 0. The van der Waals surface area contributed by atoms with E-state index in [1.54, 1.807) is 9.80 Å². The Bertz CT molecular complexity index is 848. The van der Waals surface area contributed by atoms with Gasteiger partial charge in [-0.3, -0.25) is 39.6 Å². The summed E-state index contributed by atoms with van der Waals surface area (Å²) < 4.78 is 0. The van der Waals surface area contributed by atoms with E-state index in [9.17, 15) is 19.2 Å². The number of carbonyl (C=O) groups is 4. The summed E-state index contributed by atoms with van der Waals surface area (Å²) in [5.41, 5.74) is -2.41. The van der Waals surface area contributed by atoms with Crippen molar-refractivity contribution in [2.75, 3.05) is 13.1 Å². The van der Waals surface area contributed by atoms with E-state index in [-0.39, 0.29) is 23.6 Å². The van der Waals surface area contributed by atoms with Crippen LogP contribution in [0, 0.1) is 0 Å². The van der Waals surface area contributed by atoms with Gasteiger partial charge in [-0.05, 0) is 64.2 Å². The van der Waals surface area contributed by atoms with Crippen molar-refractivity contribution in [2.45, 2.75) is 163 Å². The first kappa shape index (κ1) is 28.3. The molecule has 6 rings (SSSR count). The molecule has 4 spiro atoms. The molecule has 2 saturated heterocycles. The fraction of sp³-hybridized carbons (Fsp3) is 0.875. The van der Waals surface area contributed by atoms with Gasteiger partial charge in [-0.25, -0.2) is 0 Å². The van der Waals surface area contributed by atoms with Crippen LogP contribution in [0.3, 0.4) is 0 Å². The van der Waals surface area contributed by atoms with E-state index in [0.29, 0.717) is 25.9 Å². The number of nitrogens with zero attached hydrogens (tertiary/aromatic N) is 2. The standard InChI is InChI=1S/C32H50N4O4/c37-25-29(15-5-1-6-16-29)33-30(17-7-2-8-18-30)26(38)35(25)23-13-14-24-36-27(39)31(19-9-3-10-20-31)34-32(28(36)40)21-11-4-12-22-32/h33-34H,1-24H2. The van der Waals surface area contributed by atoms with Crippen LogP contribution in [0.4, 0.5) is 0 Å². The Labute approximate surface area is 239 Å². The molecule has 6 fully saturated rings. The van der Waals surface area contributed by atoms with Crippen LogP contribution in [0.15, 0.2) is 0 Å². The van der Waals surface area contributed by atoms with Crippen LogP contribution in [0.5, 0.6) is 0 Å². The highest BCUT2D eigenvalue weighted by atomic mass is 16.2. The van der Waals surface area contributed by atoms with Gasteiger partial charge in [-0.15, -0.1) is 0 Å². The van der Waals surface area contributed by atoms with Crippen LogP contribution in [0.2, 0.25) is 0 Å². The monoisotopic (exact) mass is 554 g/mol. The maximum atomic E-state index is 13.9. The molecule has 6 aliphatic rings. The van der Waals surface area contributed by atoms with Crippen molar-refractivity contribution in [2.24, 2.45) is 0 Å². The van der Waals surface area contributed by atoms with Crippen LogP contribution >= 0.6 is 0 Å². The minimum Gasteiger partial charge on any atom is -0.290 e. The number of carbonyl (C=O) groups excluding carboxylic acids is 4. The average Bonchev–Trinajstić information content (AvgIpc) is 2.98. The summed E-state index contributed by atoms with van der Waals surface area (Å²) in [5, 5.41) is 7.38. The van der Waals surface area contributed by atoms with E-state index in [1.807, 2.05) is 0 Å². The Morgan fingerprint density at radius 3 is 0.850 bits per heavy atom. The Morgan fingerprint density at radius 1 is 0.400 bits per heavy atom. The molecule has 0 unspecified atom stereocenters. The van der Waals surface area contributed by atoms with Gasteiger partial charge in [0.2, 0.25) is 23.6 Å². The van der Waals surface area contributed by atoms with Crippen LogP contribution in [0.1, 0.15) is 141 Å². The highest BCUT2D eigenvalue weighted by Gasteiger charge is 2.59. The largest absolute Gasteiger partial charge is 0.290 e. The summed E-state index contributed by atoms with van der Waals surface area (Å²) in [5.74, 6) is -0.148. The molecule has 4 saturated carbocycles. The summed E-state index contributed by atoms with van der Waals surface area (Å²) in [6.07, 6.45) is 20.5. The van der Waals surface area contributed by atoms with Gasteiger partial charge in [0, 0.05) is 13.1 Å². The second kappa shape index (κ2) is 11.1. The SMILES string of the molecule is O=C1N(CCCCN2C(=O)C3(CCCCC3)NC3(CCCCC3)C2=O)C(=O)C2(CCCCC2)NC12CCCCC2. The predicted octanol–water partition coefficient (Wildman–Crippen LogP) is 4.50. The van der Waals surface area contributed by atoms with Gasteiger partial charge in [0.15, 0.2) is 0 Å². The van der Waals surface area contributed by atoms with E-state index in [4.69, 9.17) is 0 Å². The molecule has 0 radical (unpaired) electrons. The molecular formula is C32H50N4O4. The van der Waals surface area contributed by atoms with E-state index in [0.717, 1.165) is 128 Å². The fourth-order valence-electron chi connectivity index (χ4n) is 9.27. The van der Waals surface area contributed by atoms with E-state index >= 15 is 0 Å². The van der Waals surface area contributed by atoms with Crippen molar-refractivity contribution < 1.29 is 19.2 Å². The molecule has 8 nitrogen and oxygen atoms in total. The van der Waals surface area contributed by atoms with Crippen molar-refractivity contribution in [1.82, 2.24) is 20.4 Å². The van der Waals surface area contributed by atoms with Crippen LogP contribution < -0.4 is 10.6 Å². The molecule has 2 aliphatic heterocycles. The Kier molecular flexibility index (Phi) is 7.88. The summed E-state index contributed by atoms with van der Waals surface area (Å²) >= 11 is 0. The van der Waals surface area contributed by atoms with Crippen molar-refractivity contribution in [1.29, 1.82) is 0 Å². The molecule has 0 aromatic heterocycles. The molecule has 0 aromatic rings. The van der Waals surface area contributed by atoms with E-state index < -0.39 is 22.2 Å². The number of hydrogen-bond donors (Lipinski definition) is 2. The third-order valence-corrected chi connectivity index (χ3v) is 11.4. The maximum Gasteiger partial charge on any atom is 0.249 e. The summed E-state index contributed by atoms with van der Waals surface area (Å²) in [7, 11) is 0. The first-order valence-corrected chi connectivity index (χ1v) is 16.7. The topological polar surface area (TPSA) is 98.8 Å². The van der Waals surface area contributed by atoms with Gasteiger partial charge in [0.25, 0.3) is 0 Å². The predicted molar refractivity (Wildman–Crippen MR) is 152 cm³/mol. The van der Waals surface area contributed by atoms with E-state index in [1.165, 1.54) is 0 Å². The lowest BCUT2D eigenvalue weighted by Gasteiger charge is -2.54. The second-order valence-electron chi connectivity index (χ2n) is 14.1. The van der Waals surface area contributed by atoms with Crippen molar-refractivity contribution in [3.05, 3.63) is 0 Å². The first-order valence-electron chi connectivity index (χ1n) is 16.7. The molecule has 4 amide bonds. The zero-order valence-electron chi connectivity index (χ0n) is 24.5. The lowest BCUT2D eigenvalue weighted by molar-refractivity contribution is -0.167. The molecule has 0 atom stereocenters. The van der Waals surface area contributed by atoms with Crippen molar-refractivity contribution >= 4 is 23.6 Å². The molecular weight excluding hydrogens is 504 g/mol. The smallest absolute Gasteiger partial charge is 0.249 e. The number of amides is 4. The van der Waals surface area contributed by atoms with Crippen LogP contribution in [0.25, 0.3) is 0 Å². The number of rotatable bonds is 5. The molecule has 0 bridgehead atoms. The number of imide groups is 2. The number of piperazine rings is 2. The minimum absolute atomic E-state index is 0.0370. The lowest BCUT2D eigenvalue weighted by Crippen LogP contribution is -2.77. The quantitative estimate of drug-likeness (QED) is 0.384. The third-order valence-electron chi connectivity index (χ3n) is 11.4. The average molecular weight is 555 g/mol. The second-order valence-corrected chi connectivity index (χ2v) is 14.1. The van der Waals surface area contributed by atoms with E-state index in [2.05, 4.69) is 10.6 Å². The molecule has 8 heteroatoms. The van der Waals surface area contributed by atoms with Gasteiger partial charge in [-0.2, -0.15) is 0 Å². The summed E-state index contributed by atoms with van der Waals surface area (Å²) in [4.78, 5) is 58.6. The maximum absolute atomic E-state index is 13.9. The van der Waals surface area contributed by atoms with Crippen LogP contribution in [-0.2, 0) is 19.2 Å². The number of unbranched alkanes of at least 4 members (excludes halogenated alkanes) is 1. The summed E-state index contributed by atoms with van der Waals surface area (Å²) in [6.45, 7) is 0.765. The zero-order valence-corrected chi connectivity index (χ0v) is 24.5. The fourth-order valence-corrected chi connectivity index (χ4v) is 9.27. The Hall–Kier alpha value is -1.80. The first-order chi connectivity index (χ1) is 19.4. The van der Waals surface area contributed by atoms with Crippen molar-refractivity contribution in [3.8, 4) is 0 Å². The Balaban J connectivity index is 1.16. The lowest BCUT2D eigenvalue weighted by atomic mass is 9.71.